The lowest BCUT2D eigenvalue weighted by Gasteiger charge is -2.26. The summed E-state index contributed by atoms with van der Waals surface area (Å²) in [6.45, 7) is 1.67. The van der Waals surface area contributed by atoms with Crippen LogP contribution in [0.25, 0.3) is 0 Å². The van der Waals surface area contributed by atoms with E-state index in [9.17, 15) is 9.59 Å². The molecule has 7 heteroatoms. The molecule has 0 bridgehead atoms. The molecular weight excluding hydrogens is 382 g/mol. The number of carbonyl (C=O) groups excluding carboxylic acids is 2. The van der Waals surface area contributed by atoms with Crippen LogP contribution in [0.2, 0.25) is 0 Å². The molecular formula is C16H21BrClN3O2. The number of halogens is 2. The highest BCUT2D eigenvalue weighted by molar-refractivity contribution is 9.10. The van der Waals surface area contributed by atoms with Crippen molar-refractivity contribution in [1.82, 2.24) is 10.6 Å². The first-order valence-electron chi connectivity index (χ1n) is 7.77. The molecule has 0 saturated carbocycles. The van der Waals surface area contributed by atoms with E-state index < -0.39 is 0 Å². The smallest absolute Gasteiger partial charge is 0.250 e. The van der Waals surface area contributed by atoms with Crippen LogP contribution in [0.15, 0.2) is 28.7 Å². The topological polar surface area (TPSA) is 61.4 Å². The standard InChI is InChI=1S/C16H20BrN3O2.ClH/c17-11-5-7-12(8-6-11)20(15(21)13-3-1-9-18-13)16(22)14-4-2-10-19-14;/h5-8,13-14,18-19H,1-4,9-10H2;1H/t13-,14-;/m0./s1. The molecule has 1 aromatic rings. The molecule has 2 aliphatic heterocycles. The largest absolute Gasteiger partial charge is 0.306 e. The Morgan fingerprint density at radius 3 is 1.83 bits per heavy atom. The number of nitrogens with one attached hydrogen (secondary N) is 2. The van der Waals surface area contributed by atoms with Crippen molar-refractivity contribution in [1.29, 1.82) is 0 Å². The summed E-state index contributed by atoms with van der Waals surface area (Å²) in [6.07, 6.45) is 3.52. The Hall–Kier alpha value is -0.950. The molecule has 23 heavy (non-hydrogen) atoms. The Bertz CT molecular complexity index is 527. The van der Waals surface area contributed by atoms with Crippen LogP contribution in [0.1, 0.15) is 25.7 Å². The van der Waals surface area contributed by atoms with Crippen molar-refractivity contribution in [3.05, 3.63) is 28.7 Å². The van der Waals surface area contributed by atoms with Gasteiger partial charge in [-0.15, -0.1) is 12.4 Å². The first-order chi connectivity index (χ1) is 10.7. The van der Waals surface area contributed by atoms with Gasteiger partial charge in [0.1, 0.15) is 0 Å². The minimum Gasteiger partial charge on any atom is -0.306 e. The van der Waals surface area contributed by atoms with Crippen LogP contribution in [0.5, 0.6) is 0 Å². The number of hydrogen-bond acceptors (Lipinski definition) is 4. The highest BCUT2D eigenvalue weighted by Gasteiger charge is 2.36. The normalized spacial score (nSPS) is 23.3. The average molecular weight is 403 g/mol. The summed E-state index contributed by atoms with van der Waals surface area (Å²) in [5.41, 5.74) is 0.639. The van der Waals surface area contributed by atoms with Crippen LogP contribution in [-0.2, 0) is 9.59 Å². The quantitative estimate of drug-likeness (QED) is 0.761. The van der Waals surface area contributed by atoms with E-state index in [0.29, 0.717) is 5.69 Å². The first-order valence-corrected chi connectivity index (χ1v) is 8.56. The highest BCUT2D eigenvalue weighted by Crippen LogP contribution is 2.23. The van der Waals surface area contributed by atoms with Gasteiger partial charge in [0.25, 0.3) is 11.8 Å². The van der Waals surface area contributed by atoms with Crippen LogP contribution in [0.3, 0.4) is 0 Å². The van der Waals surface area contributed by atoms with Gasteiger partial charge >= 0.3 is 0 Å². The van der Waals surface area contributed by atoms with Crippen molar-refractivity contribution in [2.75, 3.05) is 18.0 Å². The maximum atomic E-state index is 12.8. The van der Waals surface area contributed by atoms with Crippen LogP contribution < -0.4 is 15.5 Å². The average Bonchev–Trinajstić information content (AvgIpc) is 3.22. The molecule has 2 fully saturated rings. The summed E-state index contributed by atoms with van der Waals surface area (Å²) in [4.78, 5) is 27.0. The third-order valence-corrected chi connectivity index (χ3v) is 4.77. The predicted molar refractivity (Wildman–Crippen MR) is 95.9 cm³/mol. The van der Waals surface area contributed by atoms with Gasteiger partial charge in [-0.1, -0.05) is 15.9 Å². The fourth-order valence-corrected chi connectivity index (χ4v) is 3.32. The van der Waals surface area contributed by atoms with E-state index in [1.54, 1.807) is 0 Å². The second kappa shape index (κ2) is 8.24. The zero-order chi connectivity index (χ0) is 15.5. The number of imide groups is 1. The van der Waals surface area contributed by atoms with Crippen molar-refractivity contribution in [2.45, 2.75) is 37.8 Å². The summed E-state index contributed by atoms with van der Waals surface area (Å²) in [5.74, 6) is -0.281. The molecule has 0 radical (unpaired) electrons. The summed E-state index contributed by atoms with van der Waals surface area (Å²) in [7, 11) is 0. The number of rotatable bonds is 3. The Morgan fingerprint density at radius 1 is 0.957 bits per heavy atom. The number of benzene rings is 1. The third-order valence-electron chi connectivity index (χ3n) is 4.24. The monoisotopic (exact) mass is 401 g/mol. The summed E-state index contributed by atoms with van der Waals surface area (Å²) in [5, 5.41) is 6.38. The Morgan fingerprint density at radius 2 is 1.43 bits per heavy atom. The van der Waals surface area contributed by atoms with Crippen LogP contribution >= 0.6 is 28.3 Å². The van der Waals surface area contributed by atoms with E-state index in [0.717, 1.165) is 43.2 Å². The van der Waals surface area contributed by atoms with E-state index in [1.807, 2.05) is 24.3 Å². The van der Waals surface area contributed by atoms with Gasteiger partial charge in [0, 0.05) is 4.47 Å². The van der Waals surface area contributed by atoms with Crippen molar-refractivity contribution in [2.24, 2.45) is 0 Å². The van der Waals surface area contributed by atoms with E-state index in [4.69, 9.17) is 0 Å². The second-order valence-corrected chi connectivity index (χ2v) is 6.70. The van der Waals surface area contributed by atoms with Crippen molar-refractivity contribution >= 4 is 45.8 Å². The van der Waals surface area contributed by atoms with Crippen LogP contribution in [0.4, 0.5) is 5.69 Å². The number of amides is 2. The van der Waals surface area contributed by atoms with Gasteiger partial charge in [0.2, 0.25) is 0 Å². The molecule has 2 N–H and O–H groups in total. The van der Waals surface area contributed by atoms with E-state index >= 15 is 0 Å². The molecule has 1 aromatic carbocycles. The van der Waals surface area contributed by atoms with E-state index in [1.165, 1.54) is 4.90 Å². The SMILES string of the molecule is Cl.O=C([C@@H]1CCCN1)N(C(=O)[C@@H]1CCCN1)c1ccc(Br)cc1. The van der Waals surface area contributed by atoms with Crippen LogP contribution in [-0.4, -0.2) is 37.0 Å². The van der Waals surface area contributed by atoms with E-state index in [2.05, 4.69) is 26.6 Å². The molecule has 3 rings (SSSR count). The Labute approximate surface area is 150 Å². The maximum Gasteiger partial charge on any atom is 0.250 e. The van der Waals surface area contributed by atoms with Crippen molar-refractivity contribution in [3.8, 4) is 0 Å². The summed E-state index contributed by atoms with van der Waals surface area (Å²) < 4.78 is 0.925. The summed E-state index contributed by atoms with van der Waals surface area (Å²) >= 11 is 3.39. The van der Waals surface area contributed by atoms with Gasteiger partial charge in [0.05, 0.1) is 17.8 Å². The van der Waals surface area contributed by atoms with Gasteiger partial charge in [-0.05, 0) is 63.0 Å². The van der Waals surface area contributed by atoms with Gasteiger partial charge < -0.3 is 10.6 Å². The first kappa shape index (κ1) is 18.4. The molecule has 126 valence electrons. The van der Waals surface area contributed by atoms with Gasteiger partial charge in [-0.2, -0.15) is 0 Å². The molecule has 5 nitrogen and oxygen atoms in total. The molecule has 2 heterocycles. The lowest BCUT2D eigenvalue weighted by atomic mass is 10.1. The number of carbonyl (C=O) groups is 2. The molecule has 2 saturated heterocycles. The Balaban J connectivity index is 0.00000192. The molecule has 0 aromatic heterocycles. The predicted octanol–water partition coefficient (Wildman–Crippen LogP) is 2.23. The molecule has 0 aliphatic carbocycles. The zero-order valence-electron chi connectivity index (χ0n) is 12.8. The highest BCUT2D eigenvalue weighted by atomic mass is 79.9. The number of nitrogens with zero attached hydrogens (tertiary/aromatic N) is 1. The van der Waals surface area contributed by atoms with Gasteiger partial charge in [-0.3, -0.25) is 9.59 Å². The maximum absolute atomic E-state index is 12.8. The fraction of sp³-hybridized carbons (Fsp3) is 0.500. The van der Waals surface area contributed by atoms with Crippen LogP contribution in [0, 0.1) is 0 Å². The van der Waals surface area contributed by atoms with Crippen molar-refractivity contribution in [3.63, 3.8) is 0 Å². The molecule has 2 amide bonds. The molecule has 2 atom stereocenters. The van der Waals surface area contributed by atoms with Gasteiger partial charge in [-0.25, -0.2) is 4.90 Å². The zero-order valence-corrected chi connectivity index (χ0v) is 15.2. The molecule has 2 aliphatic rings. The Kier molecular flexibility index (Phi) is 6.59. The minimum absolute atomic E-state index is 0. The lowest BCUT2D eigenvalue weighted by molar-refractivity contribution is -0.128. The van der Waals surface area contributed by atoms with E-state index in [-0.39, 0.29) is 36.3 Å². The number of anilines is 1. The molecule has 0 unspecified atom stereocenters. The van der Waals surface area contributed by atoms with Crippen molar-refractivity contribution < 1.29 is 9.59 Å². The minimum atomic E-state index is -0.256. The summed E-state index contributed by atoms with van der Waals surface area (Å²) in [6, 6.07) is 6.82. The molecule has 0 spiro atoms. The second-order valence-electron chi connectivity index (χ2n) is 5.79. The number of hydrogen-bond donors (Lipinski definition) is 2. The lowest BCUT2D eigenvalue weighted by Crippen LogP contribution is -2.52. The fourth-order valence-electron chi connectivity index (χ4n) is 3.06. The third kappa shape index (κ3) is 4.12. The van der Waals surface area contributed by atoms with Gasteiger partial charge in [0.15, 0.2) is 0 Å².